The third-order valence-corrected chi connectivity index (χ3v) is 4.43. The van der Waals surface area contributed by atoms with Gasteiger partial charge in [-0.05, 0) is 41.5 Å². The van der Waals surface area contributed by atoms with Gasteiger partial charge in [0.1, 0.15) is 11.5 Å². The van der Waals surface area contributed by atoms with E-state index in [-0.39, 0.29) is 35.1 Å². The van der Waals surface area contributed by atoms with Gasteiger partial charge in [0, 0.05) is 5.69 Å². The molecular formula is C19H18N10O4. The van der Waals surface area contributed by atoms with Crippen molar-refractivity contribution < 1.29 is 18.6 Å². The smallest absolute Gasteiger partial charge is 0.293 e. The third kappa shape index (κ3) is 4.53. The van der Waals surface area contributed by atoms with Crippen LogP contribution in [-0.4, -0.2) is 43.3 Å². The SMILES string of the molecule is Cc1ccc(C=NNC(=O)c2nnn(-c3nonc3N)c2CNc2ccccc2C(N)=O)o1. The minimum absolute atomic E-state index is 0.00651. The van der Waals surface area contributed by atoms with Gasteiger partial charge in [-0.25, -0.2) is 10.1 Å². The number of hydrogen-bond acceptors (Lipinski definition) is 11. The van der Waals surface area contributed by atoms with Gasteiger partial charge in [0.05, 0.1) is 24.0 Å². The molecule has 0 aliphatic carbocycles. The highest BCUT2D eigenvalue weighted by Crippen LogP contribution is 2.19. The summed E-state index contributed by atoms with van der Waals surface area (Å²) in [5, 5.41) is 22.0. The van der Waals surface area contributed by atoms with E-state index in [4.69, 9.17) is 15.9 Å². The Morgan fingerprint density at radius 1 is 1.21 bits per heavy atom. The lowest BCUT2D eigenvalue weighted by atomic mass is 10.1. The fraction of sp³-hybridized carbons (Fsp3) is 0.105. The number of furan rings is 1. The van der Waals surface area contributed by atoms with Gasteiger partial charge in [-0.3, -0.25) is 9.59 Å². The minimum Gasteiger partial charge on any atom is -0.460 e. The van der Waals surface area contributed by atoms with E-state index in [2.05, 4.69) is 41.1 Å². The van der Waals surface area contributed by atoms with Crippen LogP contribution < -0.4 is 22.2 Å². The normalized spacial score (nSPS) is 11.1. The second kappa shape index (κ2) is 9.01. The maximum absolute atomic E-state index is 12.8. The number of aromatic nitrogens is 5. The molecule has 0 saturated heterocycles. The molecule has 168 valence electrons. The van der Waals surface area contributed by atoms with Crippen molar-refractivity contribution in [2.45, 2.75) is 13.5 Å². The van der Waals surface area contributed by atoms with Gasteiger partial charge in [0.25, 0.3) is 11.8 Å². The Labute approximate surface area is 185 Å². The number of anilines is 2. The summed E-state index contributed by atoms with van der Waals surface area (Å²) in [5.74, 6) is -0.129. The standard InChI is InChI=1S/C19H18N10O4/c1-10-6-7-11(32-10)8-23-25-19(31)15-14(29(28-24-15)18-16(20)26-33-27-18)9-22-13-5-3-2-4-12(13)17(21)30/h2-8,22H,9H2,1H3,(H2,20,26)(H2,21,30)(H,25,31). The summed E-state index contributed by atoms with van der Waals surface area (Å²) in [6.07, 6.45) is 1.34. The van der Waals surface area contributed by atoms with Crippen LogP contribution in [0.1, 0.15) is 38.1 Å². The molecule has 14 heteroatoms. The van der Waals surface area contributed by atoms with Crippen LogP contribution in [0.3, 0.4) is 0 Å². The minimum atomic E-state index is -0.657. The Morgan fingerprint density at radius 3 is 2.73 bits per heavy atom. The van der Waals surface area contributed by atoms with E-state index in [1.807, 2.05) is 0 Å². The summed E-state index contributed by atoms with van der Waals surface area (Å²) >= 11 is 0. The van der Waals surface area contributed by atoms with Crippen LogP contribution in [0.25, 0.3) is 5.82 Å². The summed E-state index contributed by atoms with van der Waals surface area (Å²) in [5.41, 5.74) is 14.4. The Morgan fingerprint density at radius 2 is 2.03 bits per heavy atom. The van der Waals surface area contributed by atoms with Gasteiger partial charge in [-0.2, -0.15) is 9.78 Å². The molecule has 4 aromatic rings. The number of nitrogen functional groups attached to an aromatic ring is 1. The highest BCUT2D eigenvalue weighted by Gasteiger charge is 2.24. The van der Waals surface area contributed by atoms with E-state index < -0.39 is 11.8 Å². The Kier molecular flexibility index (Phi) is 5.79. The fourth-order valence-electron chi connectivity index (χ4n) is 2.91. The molecule has 1 aromatic carbocycles. The van der Waals surface area contributed by atoms with E-state index in [1.165, 1.54) is 10.9 Å². The molecule has 0 aliphatic heterocycles. The van der Waals surface area contributed by atoms with Gasteiger partial charge in [-0.1, -0.05) is 17.3 Å². The van der Waals surface area contributed by atoms with Crippen LogP contribution in [0.2, 0.25) is 0 Å². The van der Waals surface area contributed by atoms with Crippen molar-refractivity contribution in [2.75, 3.05) is 11.1 Å². The first-order valence-corrected chi connectivity index (χ1v) is 9.49. The molecule has 0 radical (unpaired) electrons. The number of benzene rings is 1. The van der Waals surface area contributed by atoms with Crippen molar-refractivity contribution in [1.29, 1.82) is 0 Å². The second-order valence-electron chi connectivity index (χ2n) is 6.68. The molecule has 2 amide bonds. The number of carbonyl (C=O) groups is 2. The highest BCUT2D eigenvalue weighted by atomic mass is 16.6. The van der Waals surface area contributed by atoms with Crippen molar-refractivity contribution in [2.24, 2.45) is 10.8 Å². The van der Waals surface area contributed by atoms with E-state index in [0.29, 0.717) is 17.2 Å². The maximum Gasteiger partial charge on any atom is 0.293 e. The van der Waals surface area contributed by atoms with Crippen LogP contribution in [0, 0.1) is 6.92 Å². The summed E-state index contributed by atoms with van der Waals surface area (Å²) in [4.78, 5) is 24.5. The number of carbonyl (C=O) groups excluding carboxylic acids is 2. The van der Waals surface area contributed by atoms with Crippen LogP contribution in [-0.2, 0) is 6.54 Å². The largest absolute Gasteiger partial charge is 0.460 e. The summed E-state index contributed by atoms with van der Waals surface area (Å²) in [7, 11) is 0. The number of rotatable bonds is 8. The van der Waals surface area contributed by atoms with E-state index >= 15 is 0 Å². The predicted molar refractivity (Wildman–Crippen MR) is 114 cm³/mol. The molecule has 4 rings (SSSR count). The van der Waals surface area contributed by atoms with Gasteiger partial charge < -0.3 is 21.2 Å². The molecule has 0 spiro atoms. The monoisotopic (exact) mass is 450 g/mol. The molecule has 0 atom stereocenters. The Balaban J connectivity index is 1.61. The number of hydrogen-bond donors (Lipinski definition) is 4. The van der Waals surface area contributed by atoms with Crippen molar-refractivity contribution in [3.8, 4) is 5.82 Å². The molecule has 33 heavy (non-hydrogen) atoms. The highest BCUT2D eigenvalue weighted by molar-refractivity contribution is 5.98. The first kappa shape index (κ1) is 21.2. The zero-order chi connectivity index (χ0) is 23.4. The number of amides is 2. The predicted octanol–water partition coefficient (Wildman–Crippen LogP) is 0.609. The number of aryl methyl sites for hydroxylation is 1. The van der Waals surface area contributed by atoms with Crippen LogP contribution >= 0.6 is 0 Å². The summed E-state index contributed by atoms with van der Waals surface area (Å²) in [6, 6.07) is 10.1. The summed E-state index contributed by atoms with van der Waals surface area (Å²) in [6.45, 7) is 1.78. The van der Waals surface area contributed by atoms with Crippen LogP contribution in [0.15, 0.2) is 50.5 Å². The molecule has 0 bridgehead atoms. The molecule has 0 unspecified atom stereocenters. The Hall–Kier alpha value is -5.01. The van der Waals surface area contributed by atoms with Crippen LogP contribution in [0.5, 0.6) is 0 Å². The van der Waals surface area contributed by atoms with Gasteiger partial charge in [0.15, 0.2) is 5.69 Å². The molecule has 6 N–H and O–H groups in total. The first-order chi connectivity index (χ1) is 15.9. The Bertz CT molecular complexity index is 1340. The molecule has 14 nitrogen and oxygen atoms in total. The lowest BCUT2D eigenvalue weighted by Crippen LogP contribution is -2.22. The third-order valence-electron chi connectivity index (χ3n) is 4.43. The fourth-order valence-corrected chi connectivity index (χ4v) is 2.91. The van der Waals surface area contributed by atoms with E-state index in [9.17, 15) is 9.59 Å². The topological polar surface area (TPSA) is 205 Å². The average molecular weight is 450 g/mol. The number of nitrogens with one attached hydrogen (secondary N) is 2. The quantitative estimate of drug-likeness (QED) is 0.217. The van der Waals surface area contributed by atoms with Crippen molar-refractivity contribution in [3.63, 3.8) is 0 Å². The second-order valence-corrected chi connectivity index (χ2v) is 6.68. The number of nitrogens with zero attached hydrogens (tertiary/aromatic N) is 6. The maximum atomic E-state index is 12.8. The van der Waals surface area contributed by atoms with Crippen molar-refractivity contribution in [1.82, 2.24) is 30.7 Å². The van der Waals surface area contributed by atoms with Crippen LogP contribution in [0.4, 0.5) is 11.5 Å². The summed E-state index contributed by atoms with van der Waals surface area (Å²) < 4.78 is 11.2. The molecular weight excluding hydrogens is 432 g/mol. The van der Waals surface area contributed by atoms with Crippen molar-refractivity contribution in [3.05, 3.63) is 64.9 Å². The van der Waals surface area contributed by atoms with E-state index in [0.717, 1.165) is 0 Å². The van der Waals surface area contributed by atoms with Gasteiger partial charge >= 0.3 is 0 Å². The lowest BCUT2D eigenvalue weighted by Gasteiger charge is -2.11. The van der Waals surface area contributed by atoms with E-state index in [1.54, 1.807) is 43.3 Å². The number of primary amides is 1. The first-order valence-electron chi connectivity index (χ1n) is 9.49. The number of para-hydroxylation sites is 1. The number of hydrazone groups is 1. The average Bonchev–Trinajstić information content (AvgIpc) is 3.52. The number of nitrogens with two attached hydrogens (primary N) is 2. The van der Waals surface area contributed by atoms with Crippen molar-refractivity contribution >= 4 is 29.5 Å². The molecule has 3 heterocycles. The molecule has 0 fully saturated rings. The molecule has 3 aromatic heterocycles. The zero-order valence-corrected chi connectivity index (χ0v) is 17.2. The van der Waals surface area contributed by atoms with Gasteiger partial charge in [0.2, 0.25) is 11.6 Å². The zero-order valence-electron chi connectivity index (χ0n) is 17.2. The molecule has 0 aliphatic rings. The van der Waals surface area contributed by atoms with Gasteiger partial charge in [-0.15, -0.1) is 5.10 Å². The lowest BCUT2D eigenvalue weighted by molar-refractivity contribution is 0.0947. The molecule has 0 saturated carbocycles.